The molecule has 0 bridgehead atoms. The van der Waals surface area contributed by atoms with E-state index in [9.17, 15) is 19.3 Å². The van der Waals surface area contributed by atoms with E-state index < -0.39 is 11.6 Å². The van der Waals surface area contributed by atoms with Crippen LogP contribution in [0.25, 0.3) is 21.8 Å². The monoisotopic (exact) mass is 834 g/mol. The molecule has 296 valence electrons. The van der Waals surface area contributed by atoms with Crippen LogP contribution in [0.3, 0.4) is 0 Å². The number of fused-ring (bicyclic) bond motifs is 2. The number of aromatic nitrogens is 4. The second kappa shape index (κ2) is 18.5. The molecule has 1 unspecified atom stereocenters. The fraction of sp³-hybridized carbons (Fsp3) is 0.0870. The van der Waals surface area contributed by atoms with Gasteiger partial charge in [-0.2, -0.15) is 10.5 Å². The third kappa shape index (κ3) is 9.49. The number of pyridine rings is 4. The summed E-state index contributed by atoms with van der Waals surface area (Å²) in [6.07, 6.45) is 6.54. The molecule has 0 saturated carbocycles. The minimum atomic E-state index is -0.502. The zero-order valence-corrected chi connectivity index (χ0v) is 33.6. The van der Waals surface area contributed by atoms with Crippen molar-refractivity contribution < 1.29 is 8.78 Å². The van der Waals surface area contributed by atoms with Gasteiger partial charge in [-0.3, -0.25) is 19.9 Å². The summed E-state index contributed by atoms with van der Waals surface area (Å²) in [5.41, 5.74) is 8.06. The van der Waals surface area contributed by atoms with E-state index in [4.69, 9.17) is 23.2 Å². The highest BCUT2D eigenvalue weighted by Crippen LogP contribution is 2.34. The molecule has 0 saturated heterocycles. The molecule has 8 rings (SSSR count). The number of nitriles is 2. The number of anilines is 6. The van der Waals surface area contributed by atoms with Crippen molar-refractivity contribution in [2.45, 2.75) is 25.9 Å². The van der Waals surface area contributed by atoms with E-state index in [2.05, 4.69) is 53.3 Å². The summed E-state index contributed by atoms with van der Waals surface area (Å²) in [4.78, 5) is 17.5. The molecular weight excluding hydrogens is 801 g/mol. The molecule has 60 heavy (non-hydrogen) atoms. The van der Waals surface area contributed by atoms with Crippen LogP contribution in [0.15, 0.2) is 134 Å². The van der Waals surface area contributed by atoms with Gasteiger partial charge in [0.05, 0.1) is 67.1 Å². The Morgan fingerprint density at radius 1 is 0.533 bits per heavy atom. The quantitative estimate of drug-likeness (QED) is 0.105. The number of hydrogen-bond acceptors (Lipinski definition) is 10. The number of benzene rings is 4. The Hall–Kier alpha value is -7.38. The normalized spacial score (nSPS) is 11.7. The summed E-state index contributed by atoms with van der Waals surface area (Å²) >= 11 is 11.8. The Morgan fingerprint density at radius 3 is 1.32 bits per heavy atom. The van der Waals surface area contributed by atoms with Gasteiger partial charge in [-0.15, -0.1) is 0 Å². The van der Waals surface area contributed by atoms with Crippen molar-refractivity contribution in [3.63, 3.8) is 0 Å². The van der Waals surface area contributed by atoms with Gasteiger partial charge in [-0.25, -0.2) is 8.78 Å². The third-order valence-electron chi connectivity index (χ3n) is 9.38. The van der Waals surface area contributed by atoms with Crippen molar-refractivity contribution in [1.29, 1.82) is 10.5 Å². The van der Waals surface area contributed by atoms with Gasteiger partial charge in [0.1, 0.15) is 23.8 Å². The van der Waals surface area contributed by atoms with Crippen molar-refractivity contribution in [2.24, 2.45) is 0 Å². The summed E-state index contributed by atoms with van der Waals surface area (Å²) in [6.45, 7) is 4.05. The maximum absolute atomic E-state index is 13.5. The van der Waals surface area contributed by atoms with Crippen LogP contribution in [0.4, 0.5) is 42.9 Å². The molecule has 0 aliphatic heterocycles. The van der Waals surface area contributed by atoms with E-state index in [-0.39, 0.29) is 22.1 Å². The first-order valence-electron chi connectivity index (χ1n) is 18.5. The summed E-state index contributed by atoms with van der Waals surface area (Å²) in [5, 5.41) is 33.9. The number of nitrogens with zero attached hydrogens (tertiary/aromatic N) is 6. The number of halogens is 4. The lowest BCUT2D eigenvalue weighted by Crippen LogP contribution is -2.08. The van der Waals surface area contributed by atoms with Gasteiger partial charge in [-0.1, -0.05) is 35.3 Å². The van der Waals surface area contributed by atoms with Gasteiger partial charge in [0.2, 0.25) is 0 Å². The Labute approximate surface area is 354 Å². The van der Waals surface area contributed by atoms with Crippen LogP contribution in [0, 0.1) is 34.3 Å². The molecule has 4 aromatic carbocycles. The van der Waals surface area contributed by atoms with E-state index in [0.717, 1.165) is 44.6 Å². The maximum atomic E-state index is 13.5. The van der Waals surface area contributed by atoms with Crippen molar-refractivity contribution in [3.05, 3.63) is 178 Å². The summed E-state index contributed by atoms with van der Waals surface area (Å²) in [6, 6.07) is 36.0. The topological polar surface area (TPSA) is 147 Å². The van der Waals surface area contributed by atoms with Gasteiger partial charge < -0.3 is 21.3 Å². The highest BCUT2D eigenvalue weighted by Gasteiger charge is 2.15. The second-order valence-electron chi connectivity index (χ2n) is 13.5. The molecule has 4 N–H and O–H groups in total. The van der Waals surface area contributed by atoms with Crippen LogP contribution in [-0.2, 0) is 0 Å². The molecule has 8 aromatic rings. The summed E-state index contributed by atoms with van der Waals surface area (Å²) in [5.74, 6) is -1.00. The molecular formula is C46H34Cl2F2N10. The largest absolute Gasteiger partial charge is 0.377 e. The smallest absolute Gasteiger partial charge is 0.141 e. The van der Waals surface area contributed by atoms with E-state index in [1.54, 1.807) is 24.5 Å². The van der Waals surface area contributed by atoms with Gasteiger partial charge in [0.25, 0.3) is 0 Å². The predicted molar refractivity (Wildman–Crippen MR) is 235 cm³/mol. The fourth-order valence-electron chi connectivity index (χ4n) is 6.35. The van der Waals surface area contributed by atoms with Crippen molar-refractivity contribution in [1.82, 2.24) is 19.9 Å². The van der Waals surface area contributed by atoms with E-state index in [1.807, 2.05) is 86.6 Å². The first kappa shape index (κ1) is 40.8. The van der Waals surface area contributed by atoms with Crippen LogP contribution < -0.4 is 21.3 Å². The molecule has 4 heterocycles. The first-order valence-corrected chi connectivity index (χ1v) is 19.3. The molecule has 2 atom stereocenters. The number of nitrogens with one attached hydrogen (secondary N) is 4. The first-order chi connectivity index (χ1) is 29.1. The lowest BCUT2D eigenvalue weighted by atomic mass is 10.1. The molecule has 0 fully saturated rings. The minimum Gasteiger partial charge on any atom is -0.377 e. The van der Waals surface area contributed by atoms with Crippen molar-refractivity contribution >= 4 is 79.1 Å². The standard InChI is InChI=1S/2C23H17ClFN5/c2*1-14(21-4-2-3-9-27-21)29-16-6-8-22-18(10-16)23(15(12-26)13-28-22)30-17-5-7-20(25)19(24)11-17/h2*2-11,13-14,29H,1H3,(H,28,30)/t14-;/m1./s1. The maximum Gasteiger partial charge on any atom is 0.141 e. The van der Waals surface area contributed by atoms with Crippen LogP contribution in [-0.4, -0.2) is 19.9 Å². The molecule has 0 aliphatic carbocycles. The fourth-order valence-corrected chi connectivity index (χ4v) is 6.71. The van der Waals surface area contributed by atoms with Crippen molar-refractivity contribution in [2.75, 3.05) is 21.3 Å². The van der Waals surface area contributed by atoms with Crippen LogP contribution in [0.1, 0.15) is 48.4 Å². The Morgan fingerprint density at radius 2 is 0.950 bits per heavy atom. The Bertz CT molecular complexity index is 2710. The molecule has 14 heteroatoms. The highest BCUT2D eigenvalue weighted by molar-refractivity contribution is 6.31. The van der Waals surface area contributed by atoms with Gasteiger partial charge in [0, 0.05) is 58.3 Å². The SMILES string of the molecule is CC(Nc1ccc2ncc(C#N)c(Nc3ccc(F)c(Cl)c3)c2c1)c1ccccn1.C[C@@H](Nc1ccc2ncc(C#N)c(Nc3ccc(F)c(Cl)c3)c2c1)c1ccccn1. The van der Waals surface area contributed by atoms with Crippen molar-refractivity contribution in [3.8, 4) is 12.1 Å². The lowest BCUT2D eigenvalue weighted by molar-refractivity contribution is 0.628. The molecule has 0 aliphatic rings. The highest BCUT2D eigenvalue weighted by atomic mass is 35.5. The second-order valence-corrected chi connectivity index (χ2v) is 14.3. The predicted octanol–water partition coefficient (Wildman–Crippen LogP) is 12.4. The van der Waals surface area contributed by atoms with Gasteiger partial charge >= 0.3 is 0 Å². The van der Waals surface area contributed by atoms with Crippen LogP contribution >= 0.6 is 23.2 Å². The number of hydrogen-bond donors (Lipinski definition) is 4. The van der Waals surface area contributed by atoms with E-state index in [0.29, 0.717) is 33.9 Å². The third-order valence-corrected chi connectivity index (χ3v) is 9.96. The average molecular weight is 836 g/mol. The van der Waals surface area contributed by atoms with Crippen LogP contribution in [0.2, 0.25) is 10.0 Å². The molecule has 4 aromatic heterocycles. The lowest BCUT2D eigenvalue weighted by Gasteiger charge is -2.17. The zero-order valence-electron chi connectivity index (χ0n) is 32.1. The van der Waals surface area contributed by atoms with Gasteiger partial charge in [-0.05, 0) is 111 Å². The minimum absolute atomic E-state index is 0.00316. The Kier molecular flexibility index (Phi) is 12.6. The van der Waals surface area contributed by atoms with Gasteiger partial charge in [0.15, 0.2) is 0 Å². The molecule has 0 amide bonds. The zero-order chi connectivity index (χ0) is 42.2. The molecule has 0 radical (unpaired) electrons. The Balaban J connectivity index is 0.000000181. The summed E-state index contributed by atoms with van der Waals surface area (Å²) < 4.78 is 27.0. The average Bonchev–Trinajstić information content (AvgIpc) is 3.27. The van der Waals surface area contributed by atoms with Crippen LogP contribution in [0.5, 0.6) is 0 Å². The van der Waals surface area contributed by atoms with E-state index >= 15 is 0 Å². The van der Waals surface area contributed by atoms with E-state index in [1.165, 1.54) is 36.7 Å². The molecule has 0 spiro atoms. The summed E-state index contributed by atoms with van der Waals surface area (Å²) in [7, 11) is 0. The molecule has 10 nitrogen and oxygen atoms in total. The number of rotatable bonds is 10.